The second-order valence-corrected chi connectivity index (χ2v) is 5.10. The summed E-state index contributed by atoms with van der Waals surface area (Å²) >= 11 is 0. The first kappa shape index (κ1) is 15.5. The maximum absolute atomic E-state index is 12.1. The minimum Gasteiger partial charge on any atom is -0.267 e. The van der Waals surface area contributed by atoms with Crippen LogP contribution in [-0.4, -0.2) is 32.3 Å². The van der Waals surface area contributed by atoms with E-state index in [1.165, 1.54) is 16.6 Å². The van der Waals surface area contributed by atoms with E-state index in [4.69, 9.17) is 0 Å². The zero-order valence-corrected chi connectivity index (χ0v) is 13.1. The van der Waals surface area contributed by atoms with Crippen molar-refractivity contribution >= 4 is 12.1 Å². The highest BCUT2D eigenvalue weighted by Gasteiger charge is 2.05. The Morgan fingerprint density at radius 3 is 2.54 bits per heavy atom. The Hall–Kier alpha value is -3.35. The van der Waals surface area contributed by atoms with E-state index in [9.17, 15) is 4.79 Å². The van der Waals surface area contributed by atoms with E-state index in [1.807, 2.05) is 24.3 Å². The maximum atomic E-state index is 12.1. The van der Waals surface area contributed by atoms with Gasteiger partial charge in [-0.3, -0.25) is 4.79 Å². The van der Waals surface area contributed by atoms with Gasteiger partial charge >= 0.3 is 0 Å². The molecule has 0 spiro atoms. The smallest absolute Gasteiger partial charge is 0.267 e. The van der Waals surface area contributed by atoms with Crippen LogP contribution >= 0.6 is 0 Å². The first-order valence-corrected chi connectivity index (χ1v) is 7.52. The van der Waals surface area contributed by atoms with Gasteiger partial charge in [-0.1, -0.05) is 31.2 Å². The summed E-state index contributed by atoms with van der Waals surface area (Å²) in [5.74, 6) is -0.278. The predicted octanol–water partition coefficient (Wildman–Crippen LogP) is 1.99. The van der Waals surface area contributed by atoms with Crippen molar-refractivity contribution in [2.24, 2.45) is 5.10 Å². The second kappa shape index (κ2) is 7.28. The first-order valence-electron chi connectivity index (χ1n) is 7.52. The van der Waals surface area contributed by atoms with Crippen LogP contribution in [0.1, 0.15) is 28.4 Å². The van der Waals surface area contributed by atoms with E-state index < -0.39 is 0 Å². The maximum Gasteiger partial charge on any atom is 0.271 e. The van der Waals surface area contributed by atoms with Gasteiger partial charge in [-0.05, 0) is 52.2 Å². The zero-order valence-electron chi connectivity index (χ0n) is 13.1. The summed E-state index contributed by atoms with van der Waals surface area (Å²) < 4.78 is 1.51. The number of hydrogen-bond acceptors (Lipinski definition) is 5. The van der Waals surface area contributed by atoms with Gasteiger partial charge in [0.15, 0.2) is 0 Å². The number of hydrazone groups is 1. The van der Waals surface area contributed by atoms with Crippen LogP contribution in [0.25, 0.3) is 5.69 Å². The largest absolute Gasteiger partial charge is 0.271 e. The lowest BCUT2D eigenvalue weighted by Crippen LogP contribution is -2.17. The minimum atomic E-state index is -0.278. The highest BCUT2D eigenvalue weighted by Crippen LogP contribution is 2.07. The van der Waals surface area contributed by atoms with E-state index in [1.54, 1.807) is 30.5 Å². The van der Waals surface area contributed by atoms with Crippen molar-refractivity contribution in [3.05, 3.63) is 71.5 Å². The fraction of sp³-hybridized carbons (Fsp3) is 0.118. The third-order valence-corrected chi connectivity index (χ3v) is 3.51. The standard InChI is InChI=1S/C17H16N6O/c1-2-13-3-5-14(6-4-13)11-18-20-17(24)15-7-9-16(10-8-15)23-12-19-21-22-23/h3-12H,2H2,1H3,(H,20,24). The summed E-state index contributed by atoms with van der Waals surface area (Å²) in [5.41, 5.74) is 5.99. The predicted molar refractivity (Wildman–Crippen MR) is 90.0 cm³/mol. The van der Waals surface area contributed by atoms with Crippen LogP contribution < -0.4 is 5.43 Å². The van der Waals surface area contributed by atoms with Crippen molar-refractivity contribution in [1.29, 1.82) is 0 Å². The molecule has 2 aromatic carbocycles. The molecule has 1 N–H and O–H groups in total. The summed E-state index contributed by atoms with van der Waals surface area (Å²) in [4.78, 5) is 12.1. The fourth-order valence-corrected chi connectivity index (χ4v) is 2.11. The Morgan fingerprint density at radius 1 is 1.17 bits per heavy atom. The van der Waals surface area contributed by atoms with E-state index in [-0.39, 0.29) is 5.91 Å². The molecule has 0 saturated carbocycles. The molecule has 0 unspecified atom stereocenters. The van der Waals surface area contributed by atoms with Gasteiger partial charge in [0.2, 0.25) is 0 Å². The number of carbonyl (C=O) groups excluding carboxylic acids is 1. The van der Waals surface area contributed by atoms with E-state index >= 15 is 0 Å². The molecule has 0 atom stereocenters. The van der Waals surface area contributed by atoms with Crippen LogP contribution in [0.15, 0.2) is 60.0 Å². The number of carbonyl (C=O) groups is 1. The lowest BCUT2D eigenvalue weighted by molar-refractivity contribution is 0.0955. The monoisotopic (exact) mass is 320 g/mol. The molecule has 0 fully saturated rings. The highest BCUT2D eigenvalue weighted by atomic mass is 16.2. The number of aromatic nitrogens is 4. The van der Waals surface area contributed by atoms with E-state index in [0.717, 1.165) is 17.7 Å². The van der Waals surface area contributed by atoms with E-state index in [2.05, 4.69) is 33.0 Å². The normalized spacial score (nSPS) is 10.9. The van der Waals surface area contributed by atoms with Gasteiger partial charge in [0.25, 0.3) is 5.91 Å². The van der Waals surface area contributed by atoms with Crippen molar-refractivity contribution < 1.29 is 4.79 Å². The van der Waals surface area contributed by atoms with Crippen LogP contribution in [0.3, 0.4) is 0 Å². The van der Waals surface area contributed by atoms with Gasteiger partial charge in [0.1, 0.15) is 6.33 Å². The van der Waals surface area contributed by atoms with Crippen molar-refractivity contribution in [1.82, 2.24) is 25.6 Å². The number of nitrogens with one attached hydrogen (secondary N) is 1. The third-order valence-electron chi connectivity index (χ3n) is 3.51. The molecule has 3 aromatic rings. The topological polar surface area (TPSA) is 85.1 Å². The molecule has 7 heteroatoms. The van der Waals surface area contributed by atoms with Crippen LogP contribution in [0.5, 0.6) is 0 Å². The van der Waals surface area contributed by atoms with Gasteiger partial charge in [0, 0.05) is 5.56 Å². The molecular formula is C17H16N6O. The molecule has 7 nitrogen and oxygen atoms in total. The number of rotatable bonds is 5. The van der Waals surface area contributed by atoms with Crippen molar-refractivity contribution in [2.75, 3.05) is 0 Å². The quantitative estimate of drug-likeness (QED) is 0.575. The Morgan fingerprint density at radius 2 is 1.92 bits per heavy atom. The van der Waals surface area contributed by atoms with E-state index in [0.29, 0.717) is 5.56 Å². The number of amides is 1. The number of tetrazole rings is 1. The molecule has 24 heavy (non-hydrogen) atoms. The highest BCUT2D eigenvalue weighted by molar-refractivity contribution is 5.95. The molecule has 0 radical (unpaired) electrons. The average molecular weight is 320 g/mol. The molecule has 1 amide bonds. The minimum absolute atomic E-state index is 0.278. The molecule has 0 bridgehead atoms. The van der Waals surface area contributed by atoms with Gasteiger partial charge in [0.05, 0.1) is 11.9 Å². The van der Waals surface area contributed by atoms with Crippen molar-refractivity contribution in [3.8, 4) is 5.69 Å². The molecule has 0 aliphatic carbocycles. The Labute approximate surface area is 139 Å². The van der Waals surface area contributed by atoms with Gasteiger partial charge in [-0.2, -0.15) is 5.10 Å². The lowest BCUT2D eigenvalue weighted by atomic mass is 10.1. The van der Waals surface area contributed by atoms with Crippen molar-refractivity contribution in [2.45, 2.75) is 13.3 Å². The molecule has 120 valence electrons. The molecule has 0 aliphatic rings. The molecule has 0 saturated heterocycles. The number of hydrogen-bond donors (Lipinski definition) is 1. The summed E-state index contributed by atoms with van der Waals surface area (Å²) in [5, 5.41) is 14.9. The molecule has 1 heterocycles. The van der Waals surface area contributed by atoms with Crippen LogP contribution in [0.2, 0.25) is 0 Å². The number of aryl methyl sites for hydroxylation is 1. The molecule has 3 rings (SSSR count). The summed E-state index contributed by atoms with van der Waals surface area (Å²) in [7, 11) is 0. The van der Waals surface area contributed by atoms with Crippen LogP contribution in [0, 0.1) is 0 Å². The third kappa shape index (κ3) is 3.70. The molecule has 1 aromatic heterocycles. The van der Waals surface area contributed by atoms with Gasteiger partial charge in [-0.25, -0.2) is 10.1 Å². The summed E-state index contributed by atoms with van der Waals surface area (Å²) in [6, 6.07) is 14.9. The number of nitrogens with zero attached hydrogens (tertiary/aromatic N) is 5. The second-order valence-electron chi connectivity index (χ2n) is 5.10. The Bertz CT molecular complexity index is 823. The van der Waals surface area contributed by atoms with Gasteiger partial charge < -0.3 is 0 Å². The molecule has 0 aliphatic heterocycles. The summed E-state index contributed by atoms with van der Waals surface area (Å²) in [6.45, 7) is 2.11. The summed E-state index contributed by atoms with van der Waals surface area (Å²) in [6.07, 6.45) is 4.10. The van der Waals surface area contributed by atoms with Crippen LogP contribution in [-0.2, 0) is 6.42 Å². The Balaban J connectivity index is 1.61. The number of benzene rings is 2. The van der Waals surface area contributed by atoms with Crippen LogP contribution in [0.4, 0.5) is 0 Å². The SMILES string of the molecule is CCc1ccc(C=NNC(=O)c2ccc(-n3cnnn3)cc2)cc1. The average Bonchev–Trinajstić information content (AvgIpc) is 3.17. The Kier molecular flexibility index (Phi) is 4.71. The zero-order chi connectivity index (χ0) is 16.8. The lowest BCUT2D eigenvalue weighted by Gasteiger charge is -2.02. The fourth-order valence-electron chi connectivity index (χ4n) is 2.11. The molecular weight excluding hydrogens is 304 g/mol. The van der Waals surface area contributed by atoms with Gasteiger partial charge in [-0.15, -0.1) is 5.10 Å². The first-order chi connectivity index (χ1) is 11.8. The van der Waals surface area contributed by atoms with Crippen molar-refractivity contribution in [3.63, 3.8) is 0 Å².